The molecule has 0 aliphatic heterocycles. The molecule has 2 aromatic rings. The number of nitrogens with one attached hydrogen (secondary N) is 1. The van der Waals surface area contributed by atoms with Gasteiger partial charge in [-0.05, 0) is 69.6 Å². The Labute approximate surface area is 221 Å². The Morgan fingerprint density at radius 3 is 2.35 bits per heavy atom. The topological polar surface area (TPSA) is 58.6 Å². The van der Waals surface area contributed by atoms with Crippen molar-refractivity contribution in [3.05, 3.63) is 62.0 Å². The van der Waals surface area contributed by atoms with E-state index in [0.717, 1.165) is 22.0 Å². The zero-order chi connectivity index (χ0) is 25.5. The number of carbonyl (C=O) groups excluding carboxylic acids is 2. The van der Waals surface area contributed by atoms with Gasteiger partial charge in [-0.3, -0.25) is 9.59 Å². The number of halogens is 3. The van der Waals surface area contributed by atoms with Crippen LogP contribution < -0.4 is 10.1 Å². The van der Waals surface area contributed by atoms with Gasteiger partial charge in [-0.1, -0.05) is 70.0 Å². The van der Waals surface area contributed by atoms with Gasteiger partial charge in [-0.2, -0.15) is 0 Å². The molecule has 0 unspecified atom stereocenters. The Hall–Kier alpha value is -1.76. The molecule has 0 bridgehead atoms. The number of amides is 2. The molecule has 0 aromatic heterocycles. The third-order valence-corrected chi connectivity index (χ3v) is 6.78. The van der Waals surface area contributed by atoms with Gasteiger partial charge < -0.3 is 15.0 Å². The number of hydrogen-bond acceptors (Lipinski definition) is 3. The summed E-state index contributed by atoms with van der Waals surface area (Å²) in [5.74, 6) is 0.0872. The summed E-state index contributed by atoms with van der Waals surface area (Å²) in [5, 5.41) is 3.73. The highest BCUT2D eigenvalue weighted by Gasteiger charge is 2.29. The SMILES string of the molecule is CCCNC(=O)[C@@H](CC)N(Cc1ccc(Cl)c(Cl)c1)C(=O)COc1ccc(C(C)(C)C)cc1Br. The summed E-state index contributed by atoms with van der Waals surface area (Å²) in [4.78, 5) is 27.7. The molecule has 2 amide bonds. The Balaban J connectivity index is 2.25. The summed E-state index contributed by atoms with van der Waals surface area (Å²) in [6.07, 6.45) is 1.27. The van der Waals surface area contributed by atoms with Gasteiger partial charge in [0.1, 0.15) is 11.8 Å². The summed E-state index contributed by atoms with van der Waals surface area (Å²) in [6, 6.07) is 10.4. The molecule has 0 aliphatic carbocycles. The molecule has 2 rings (SSSR count). The Morgan fingerprint density at radius 2 is 1.79 bits per heavy atom. The molecule has 0 radical (unpaired) electrons. The molecule has 5 nitrogen and oxygen atoms in total. The molecule has 0 heterocycles. The van der Waals surface area contributed by atoms with E-state index in [1.165, 1.54) is 0 Å². The van der Waals surface area contributed by atoms with Crippen molar-refractivity contribution in [2.45, 2.75) is 65.5 Å². The first kappa shape index (κ1) is 28.5. The highest BCUT2D eigenvalue weighted by atomic mass is 79.9. The van der Waals surface area contributed by atoms with Gasteiger partial charge in [0.15, 0.2) is 6.61 Å². The van der Waals surface area contributed by atoms with Gasteiger partial charge >= 0.3 is 0 Å². The maximum Gasteiger partial charge on any atom is 0.261 e. The number of carbonyl (C=O) groups is 2. The fraction of sp³-hybridized carbons (Fsp3) is 0.462. The molecule has 0 saturated heterocycles. The average Bonchev–Trinajstić information content (AvgIpc) is 2.78. The van der Waals surface area contributed by atoms with Crippen molar-refractivity contribution >= 4 is 50.9 Å². The summed E-state index contributed by atoms with van der Waals surface area (Å²) < 4.78 is 6.64. The molecular weight excluding hydrogens is 539 g/mol. The normalized spacial score (nSPS) is 12.2. The maximum atomic E-state index is 13.3. The predicted molar refractivity (Wildman–Crippen MR) is 143 cm³/mol. The van der Waals surface area contributed by atoms with Crippen LogP contribution in [0.2, 0.25) is 10.0 Å². The van der Waals surface area contributed by atoms with Crippen LogP contribution in [-0.2, 0) is 21.5 Å². The smallest absolute Gasteiger partial charge is 0.261 e. The van der Waals surface area contributed by atoms with Crippen LogP contribution in [-0.4, -0.2) is 35.9 Å². The Bertz CT molecular complexity index is 1010. The molecule has 1 N–H and O–H groups in total. The largest absolute Gasteiger partial charge is 0.483 e. The zero-order valence-corrected chi connectivity index (χ0v) is 23.5. The van der Waals surface area contributed by atoms with Crippen LogP contribution in [0.3, 0.4) is 0 Å². The van der Waals surface area contributed by atoms with E-state index in [1.807, 2.05) is 32.0 Å². The number of ether oxygens (including phenoxy) is 1. The minimum Gasteiger partial charge on any atom is -0.483 e. The summed E-state index contributed by atoms with van der Waals surface area (Å²) >= 11 is 15.8. The first-order valence-electron chi connectivity index (χ1n) is 11.4. The molecule has 186 valence electrons. The lowest BCUT2D eigenvalue weighted by molar-refractivity contribution is -0.143. The van der Waals surface area contributed by atoms with Gasteiger partial charge in [0.05, 0.1) is 14.5 Å². The minimum atomic E-state index is -0.635. The lowest BCUT2D eigenvalue weighted by atomic mass is 9.87. The molecule has 0 saturated carbocycles. The summed E-state index contributed by atoms with van der Waals surface area (Å²) in [7, 11) is 0. The number of hydrogen-bond donors (Lipinski definition) is 1. The standard InChI is InChI=1S/C26H33BrCl2N2O3/c1-6-12-30-25(33)22(7-2)31(15-17-8-10-20(28)21(29)13-17)24(32)16-34-23-11-9-18(14-19(23)27)26(3,4)5/h8-11,13-14,22H,6-7,12,15-16H2,1-5H3,(H,30,33)/t22-/m1/s1. The van der Waals surface area contributed by atoms with Crippen molar-refractivity contribution < 1.29 is 14.3 Å². The summed E-state index contributed by atoms with van der Waals surface area (Å²) in [6.45, 7) is 10.8. The minimum absolute atomic E-state index is 0.00623. The van der Waals surface area contributed by atoms with E-state index in [-0.39, 0.29) is 30.4 Å². The van der Waals surface area contributed by atoms with Crippen LogP contribution in [0.5, 0.6) is 5.75 Å². The monoisotopic (exact) mass is 570 g/mol. The number of benzene rings is 2. The van der Waals surface area contributed by atoms with Gasteiger partial charge in [0.25, 0.3) is 5.91 Å². The highest BCUT2D eigenvalue weighted by Crippen LogP contribution is 2.31. The molecule has 2 aromatic carbocycles. The molecule has 34 heavy (non-hydrogen) atoms. The van der Waals surface area contributed by atoms with Gasteiger partial charge in [0.2, 0.25) is 5.91 Å². The molecule has 0 aliphatic rings. The molecule has 1 atom stereocenters. The third-order valence-electron chi connectivity index (χ3n) is 5.42. The predicted octanol–water partition coefficient (Wildman–Crippen LogP) is 6.77. The van der Waals surface area contributed by atoms with E-state index in [1.54, 1.807) is 23.1 Å². The number of nitrogens with zero attached hydrogens (tertiary/aromatic N) is 1. The summed E-state index contributed by atoms with van der Waals surface area (Å²) in [5.41, 5.74) is 1.92. The third kappa shape index (κ3) is 7.89. The van der Waals surface area contributed by atoms with Crippen LogP contribution in [0.15, 0.2) is 40.9 Å². The Morgan fingerprint density at radius 1 is 1.09 bits per heavy atom. The van der Waals surface area contributed by atoms with E-state index < -0.39 is 6.04 Å². The zero-order valence-electron chi connectivity index (χ0n) is 20.4. The van der Waals surface area contributed by atoms with Crippen LogP contribution in [0.1, 0.15) is 58.6 Å². The van der Waals surface area contributed by atoms with Crippen molar-refractivity contribution in [1.82, 2.24) is 10.2 Å². The second-order valence-corrected chi connectivity index (χ2v) is 10.8. The van der Waals surface area contributed by atoms with Crippen LogP contribution in [0.25, 0.3) is 0 Å². The van der Waals surface area contributed by atoms with Gasteiger partial charge in [-0.25, -0.2) is 0 Å². The lowest BCUT2D eigenvalue weighted by Crippen LogP contribution is -2.50. The fourth-order valence-electron chi connectivity index (χ4n) is 3.43. The molecular formula is C26H33BrCl2N2O3. The molecule has 0 fully saturated rings. The van der Waals surface area contributed by atoms with Crippen molar-refractivity contribution in [3.63, 3.8) is 0 Å². The van der Waals surface area contributed by atoms with E-state index >= 15 is 0 Å². The van der Waals surface area contributed by atoms with E-state index in [9.17, 15) is 9.59 Å². The van der Waals surface area contributed by atoms with Crippen molar-refractivity contribution in [3.8, 4) is 5.75 Å². The quantitative estimate of drug-likeness (QED) is 0.342. The van der Waals surface area contributed by atoms with Crippen molar-refractivity contribution in [1.29, 1.82) is 0 Å². The Kier molecular flexibility index (Phi) is 10.7. The average molecular weight is 572 g/mol. The second-order valence-electron chi connectivity index (χ2n) is 9.17. The fourth-order valence-corrected chi connectivity index (χ4v) is 4.24. The second kappa shape index (κ2) is 12.8. The lowest BCUT2D eigenvalue weighted by Gasteiger charge is -2.30. The van der Waals surface area contributed by atoms with Crippen molar-refractivity contribution in [2.75, 3.05) is 13.2 Å². The number of rotatable bonds is 10. The molecule has 8 heteroatoms. The van der Waals surface area contributed by atoms with Gasteiger partial charge in [0, 0.05) is 13.1 Å². The highest BCUT2D eigenvalue weighted by molar-refractivity contribution is 9.10. The maximum absolute atomic E-state index is 13.3. The van der Waals surface area contributed by atoms with Crippen molar-refractivity contribution in [2.24, 2.45) is 0 Å². The van der Waals surface area contributed by atoms with Crippen LogP contribution >= 0.6 is 39.1 Å². The van der Waals surface area contributed by atoms with E-state index in [4.69, 9.17) is 27.9 Å². The van der Waals surface area contributed by atoms with Gasteiger partial charge in [-0.15, -0.1) is 0 Å². The van der Waals surface area contributed by atoms with Crippen LogP contribution in [0.4, 0.5) is 0 Å². The molecule has 0 spiro atoms. The first-order chi connectivity index (χ1) is 16.0. The van der Waals surface area contributed by atoms with E-state index in [2.05, 4.69) is 42.0 Å². The van der Waals surface area contributed by atoms with E-state index in [0.29, 0.717) is 28.8 Å². The first-order valence-corrected chi connectivity index (χ1v) is 13.0. The van der Waals surface area contributed by atoms with Crippen LogP contribution in [0, 0.1) is 0 Å².